The molecule has 1 aliphatic heterocycles. The van der Waals surface area contributed by atoms with E-state index in [9.17, 15) is 9.59 Å². The number of likely N-dealkylation sites (tertiary alicyclic amines) is 1. The predicted octanol–water partition coefficient (Wildman–Crippen LogP) is 5.65. The zero-order valence-corrected chi connectivity index (χ0v) is 25.9. The summed E-state index contributed by atoms with van der Waals surface area (Å²) in [5.74, 6) is 1.15. The fourth-order valence-electron chi connectivity index (χ4n) is 4.92. The van der Waals surface area contributed by atoms with Crippen LogP contribution >= 0.6 is 27.3 Å². The Morgan fingerprint density at radius 2 is 1.73 bits per heavy atom. The molecular weight excluding hydrogens is 590 g/mol. The SMILES string of the molecule is COc1ccc(CCN(Cc2sccc2C)C(=O)CN(CCN2CCCC2)C(=O)c2ccccc2Br)cc1OC. The Kier molecular flexibility index (Phi) is 11.0. The van der Waals surface area contributed by atoms with Crippen LogP contribution in [0.2, 0.25) is 0 Å². The van der Waals surface area contributed by atoms with Crippen molar-refractivity contribution in [2.24, 2.45) is 0 Å². The summed E-state index contributed by atoms with van der Waals surface area (Å²) < 4.78 is 11.6. The monoisotopic (exact) mass is 627 g/mol. The van der Waals surface area contributed by atoms with Crippen molar-refractivity contribution in [2.45, 2.75) is 32.7 Å². The van der Waals surface area contributed by atoms with Gasteiger partial charge in [0.2, 0.25) is 5.91 Å². The predicted molar refractivity (Wildman–Crippen MR) is 163 cm³/mol. The van der Waals surface area contributed by atoms with E-state index in [1.165, 1.54) is 18.4 Å². The molecule has 3 aromatic rings. The van der Waals surface area contributed by atoms with Gasteiger partial charge in [-0.15, -0.1) is 11.3 Å². The second-order valence-corrected chi connectivity index (χ2v) is 11.9. The Balaban J connectivity index is 1.53. The normalized spacial score (nSPS) is 13.3. The number of methoxy groups -OCH3 is 2. The van der Waals surface area contributed by atoms with Crippen molar-refractivity contribution in [3.8, 4) is 11.5 Å². The summed E-state index contributed by atoms with van der Waals surface area (Å²) >= 11 is 5.18. The lowest BCUT2D eigenvalue weighted by atomic mass is 10.1. The first-order valence-electron chi connectivity index (χ1n) is 13.7. The molecule has 1 aliphatic rings. The van der Waals surface area contributed by atoms with Crippen LogP contribution in [0, 0.1) is 6.92 Å². The molecule has 4 rings (SSSR count). The smallest absolute Gasteiger partial charge is 0.255 e. The van der Waals surface area contributed by atoms with Crippen LogP contribution in [0.3, 0.4) is 0 Å². The van der Waals surface area contributed by atoms with E-state index in [2.05, 4.69) is 39.2 Å². The lowest BCUT2D eigenvalue weighted by molar-refractivity contribution is -0.132. The van der Waals surface area contributed by atoms with Crippen molar-refractivity contribution in [3.63, 3.8) is 0 Å². The van der Waals surface area contributed by atoms with Crippen LogP contribution in [0.4, 0.5) is 0 Å². The summed E-state index contributed by atoms with van der Waals surface area (Å²) in [6, 6.07) is 15.3. The number of halogens is 1. The second kappa shape index (κ2) is 14.7. The van der Waals surface area contributed by atoms with E-state index in [-0.39, 0.29) is 18.4 Å². The molecular formula is C31H38BrN3O4S. The maximum absolute atomic E-state index is 13.9. The van der Waals surface area contributed by atoms with Gasteiger partial charge in [-0.25, -0.2) is 0 Å². The molecule has 0 spiro atoms. The van der Waals surface area contributed by atoms with Gasteiger partial charge in [0.05, 0.1) is 26.3 Å². The van der Waals surface area contributed by atoms with E-state index in [0.29, 0.717) is 43.1 Å². The molecule has 0 atom stereocenters. The van der Waals surface area contributed by atoms with Crippen LogP contribution in [0.15, 0.2) is 58.4 Å². The van der Waals surface area contributed by atoms with E-state index in [1.807, 2.05) is 47.4 Å². The van der Waals surface area contributed by atoms with Crippen LogP contribution in [0.1, 0.15) is 39.2 Å². The number of aryl methyl sites for hydroxylation is 1. The number of carbonyl (C=O) groups excluding carboxylic acids is 2. The van der Waals surface area contributed by atoms with E-state index in [1.54, 1.807) is 30.5 Å². The van der Waals surface area contributed by atoms with Gasteiger partial charge in [0.1, 0.15) is 6.54 Å². The van der Waals surface area contributed by atoms with Crippen LogP contribution in [0.5, 0.6) is 11.5 Å². The number of rotatable bonds is 13. The van der Waals surface area contributed by atoms with E-state index in [0.717, 1.165) is 34.5 Å². The van der Waals surface area contributed by atoms with Crippen LogP contribution in [-0.4, -0.2) is 80.0 Å². The topological polar surface area (TPSA) is 62.3 Å². The maximum Gasteiger partial charge on any atom is 0.255 e. The molecule has 0 unspecified atom stereocenters. The largest absolute Gasteiger partial charge is 0.493 e. The zero-order chi connectivity index (χ0) is 28.5. The molecule has 0 aliphatic carbocycles. The Labute approximate surface area is 249 Å². The van der Waals surface area contributed by atoms with Gasteiger partial charge in [-0.3, -0.25) is 9.59 Å². The molecule has 0 radical (unpaired) electrons. The minimum atomic E-state index is -0.132. The summed E-state index contributed by atoms with van der Waals surface area (Å²) in [5.41, 5.74) is 2.79. The number of hydrogen-bond acceptors (Lipinski definition) is 6. The molecule has 40 heavy (non-hydrogen) atoms. The van der Waals surface area contributed by atoms with Crippen molar-refractivity contribution >= 4 is 39.1 Å². The van der Waals surface area contributed by atoms with Crippen molar-refractivity contribution < 1.29 is 19.1 Å². The van der Waals surface area contributed by atoms with Crippen molar-refractivity contribution in [3.05, 3.63) is 80.0 Å². The summed E-state index contributed by atoms with van der Waals surface area (Å²) in [6.07, 6.45) is 3.02. The highest BCUT2D eigenvalue weighted by Crippen LogP contribution is 2.28. The van der Waals surface area contributed by atoms with E-state index in [4.69, 9.17) is 9.47 Å². The minimum absolute atomic E-state index is 0.0321. The first-order chi connectivity index (χ1) is 19.4. The first-order valence-corrected chi connectivity index (χ1v) is 15.3. The number of amides is 2. The third kappa shape index (κ3) is 7.86. The molecule has 0 N–H and O–H groups in total. The van der Waals surface area contributed by atoms with Crippen LogP contribution < -0.4 is 9.47 Å². The van der Waals surface area contributed by atoms with E-state index < -0.39 is 0 Å². The van der Waals surface area contributed by atoms with Crippen molar-refractivity contribution in [2.75, 3.05) is 53.5 Å². The van der Waals surface area contributed by atoms with Gasteiger partial charge in [0, 0.05) is 29.0 Å². The average Bonchev–Trinajstić information content (AvgIpc) is 3.64. The van der Waals surface area contributed by atoms with Gasteiger partial charge in [-0.2, -0.15) is 0 Å². The highest BCUT2D eigenvalue weighted by Gasteiger charge is 2.25. The summed E-state index contributed by atoms with van der Waals surface area (Å²) in [6.45, 7) is 6.49. The molecule has 2 aromatic carbocycles. The lowest BCUT2D eigenvalue weighted by Gasteiger charge is -2.29. The fourth-order valence-corrected chi connectivity index (χ4v) is 6.30. The van der Waals surface area contributed by atoms with E-state index >= 15 is 0 Å². The van der Waals surface area contributed by atoms with Gasteiger partial charge in [-0.05, 0) is 102 Å². The summed E-state index contributed by atoms with van der Waals surface area (Å²) in [4.78, 5) is 34.7. The Bertz CT molecular complexity index is 1290. The minimum Gasteiger partial charge on any atom is -0.493 e. The number of carbonyl (C=O) groups is 2. The van der Waals surface area contributed by atoms with Crippen molar-refractivity contribution in [1.82, 2.24) is 14.7 Å². The van der Waals surface area contributed by atoms with Crippen LogP contribution in [-0.2, 0) is 17.8 Å². The highest BCUT2D eigenvalue weighted by atomic mass is 79.9. The zero-order valence-electron chi connectivity index (χ0n) is 23.5. The number of benzene rings is 2. The van der Waals surface area contributed by atoms with Crippen molar-refractivity contribution in [1.29, 1.82) is 0 Å². The average molecular weight is 629 g/mol. The Morgan fingerprint density at radius 1 is 0.975 bits per heavy atom. The first kappa shape index (κ1) is 30.1. The number of ether oxygens (including phenoxy) is 2. The molecule has 1 fully saturated rings. The quantitative estimate of drug-likeness (QED) is 0.245. The third-order valence-corrected chi connectivity index (χ3v) is 9.08. The molecule has 1 saturated heterocycles. The molecule has 1 aromatic heterocycles. The molecule has 0 bridgehead atoms. The summed E-state index contributed by atoms with van der Waals surface area (Å²) in [5, 5.41) is 2.06. The molecule has 7 nitrogen and oxygen atoms in total. The molecule has 9 heteroatoms. The fraction of sp³-hybridized carbons (Fsp3) is 0.419. The van der Waals surface area contributed by atoms with Gasteiger partial charge in [0.25, 0.3) is 5.91 Å². The number of nitrogens with zero attached hydrogens (tertiary/aromatic N) is 3. The molecule has 214 valence electrons. The number of hydrogen-bond donors (Lipinski definition) is 0. The second-order valence-electron chi connectivity index (χ2n) is 10.0. The summed E-state index contributed by atoms with van der Waals surface area (Å²) in [7, 11) is 3.24. The van der Waals surface area contributed by atoms with Gasteiger partial charge >= 0.3 is 0 Å². The lowest BCUT2D eigenvalue weighted by Crippen LogP contribution is -2.45. The number of thiophene rings is 1. The van der Waals surface area contributed by atoms with Gasteiger partial charge < -0.3 is 24.2 Å². The third-order valence-electron chi connectivity index (χ3n) is 7.38. The van der Waals surface area contributed by atoms with Crippen LogP contribution in [0.25, 0.3) is 0 Å². The Morgan fingerprint density at radius 3 is 2.40 bits per heavy atom. The highest BCUT2D eigenvalue weighted by molar-refractivity contribution is 9.10. The van der Waals surface area contributed by atoms with Gasteiger partial charge in [-0.1, -0.05) is 18.2 Å². The molecule has 2 amide bonds. The molecule has 0 saturated carbocycles. The Hall–Kier alpha value is -2.88. The maximum atomic E-state index is 13.9. The standard InChI is InChI=1S/C31H38BrN3O4S/c1-23-13-19-40-29(23)21-34(16-12-24-10-11-27(38-2)28(20-24)39-3)30(36)22-35(18-17-33-14-6-7-15-33)31(37)25-8-4-5-9-26(25)32/h4-5,8-11,13,19-20H,6-7,12,14-18,21-22H2,1-3H3. The van der Waals surface area contributed by atoms with Gasteiger partial charge in [0.15, 0.2) is 11.5 Å². The molecule has 2 heterocycles.